The molecule has 2 aliphatic rings. The summed E-state index contributed by atoms with van der Waals surface area (Å²) in [6.45, 7) is 0. The average Bonchev–Trinajstić information content (AvgIpc) is 3.19. The van der Waals surface area contributed by atoms with Gasteiger partial charge in [-0.15, -0.1) is 0 Å². The van der Waals surface area contributed by atoms with Crippen molar-refractivity contribution in [3.8, 4) is 0 Å². The summed E-state index contributed by atoms with van der Waals surface area (Å²) in [5, 5.41) is 9.83. The van der Waals surface area contributed by atoms with E-state index in [9.17, 15) is 9.59 Å². The number of anilines is 4. The fraction of sp³-hybridized carbons (Fsp3) is 0.300. The van der Waals surface area contributed by atoms with E-state index in [0.29, 0.717) is 0 Å². The van der Waals surface area contributed by atoms with Gasteiger partial charge in [0.2, 0.25) is 0 Å². The van der Waals surface area contributed by atoms with Gasteiger partial charge in [0.25, 0.3) is 0 Å². The second kappa shape index (κ2) is 24.0. The molecule has 272 valence electrons. The zero-order chi connectivity index (χ0) is 37.2. The molecule has 52 heavy (non-hydrogen) atoms. The summed E-state index contributed by atoms with van der Waals surface area (Å²) in [5.74, 6) is 0. The van der Waals surface area contributed by atoms with Gasteiger partial charge >= 0.3 is 24.4 Å². The van der Waals surface area contributed by atoms with E-state index in [-0.39, 0.29) is 36.4 Å². The highest BCUT2D eigenvalue weighted by atomic mass is 16.2. The number of nitrogens with zero attached hydrogens (tertiary/aromatic N) is 2. The quantitative estimate of drug-likeness (QED) is 0.137. The number of hydrogen-bond acceptors (Lipinski definition) is 8. The molecule has 0 atom stereocenters. The molecule has 4 amide bonds. The third kappa shape index (κ3) is 14.7. The molecular weight excluding hydrogens is 660 g/mol. The van der Waals surface area contributed by atoms with Gasteiger partial charge in [-0.05, 0) is 74.2 Å². The zero-order valence-electron chi connectivity index (χ0n) is 29.1. The highest BCUT2D eigenvalue weighted by molar-refractivity contribution is 5.80. The Labute approximate surface area is 304 Å². The highest BCUT2D eigenvalue weighted by Crippen LogP contribution is 2.24. The largest absolute Gasteiger partial charge is 0.373 e. The lowest BCUT2D eigenvalue weighted by molar-refractivity contribution is -0.193. The van der Waals surface area contributed by atoms with Crippen LogP contribution in [0.25, 0.3) is 0 Å². The minimum atomic E-state index is -0.149. The Morgan fingerprint density at radius 3 is 0.885 bits per heavy atom. The average molecular weight is 707 g/mol. The fourth-order valence-electron chi connectivity index (χ4n) is 6.00. The lowest BCUT2D eigenvalue weighted by Crippen LogP contribution is -2.48. The number of carbonyl (C=O) groups excluding carboxylic acids is 6. The molecule has 0 aromatic heterocycles. The van der Waals surface area contributed by atoms with Crippen LogP contribution in [0.3, 0.4) is 0 Å². The summed E-state index contributed by atoms with van der Waals surface area (Å²) < 4.78 is 0. The molecule has 2 aliphatic carbocycles. The molecular formula is C40H46N6O6. The summed E-state index contributed by atoms with van der Waals surface area (Å²) in [6.07, 6.45) is 12.2. The number of benzene rings is 4. The first-order valence-corrected chi connectivity index (χ1v) is 17.4. The van der Waals surface area contributed by atoms with E-state index in [1.54, 1.807) is 0 Å². The van der Waals surface area contributed by atoms with Crippen LogP contribution in [-0.4, -0.2) is 36.4 Å². The third-order valence-corrected chi connectivity index (χ3v) is 8.37. The molecule has 0 unspecified atom stereocenters. The Bertz CT molecular complexity index is 1440. The first kappa shape index (κ1) is 40.2. The highest BCUT2D eigenvalue weighted by Gasteiger charge is 2.19. The van der Waals surface area contributed by atoms with E-state index in [1.165, 1.54) is 38.5 Å². The molecule has 0 bridgehead atoms. The van der Waals surface area contributed by atoms with Gasteiger partial charge < -0.3 is 10.6 Å². The maximum atomic E-state index is 12.4. The molecule has 0 saturated heterocycles. The molecule has 4 aromatic carbocycles. The van der Waals surface area contributed by atoms with Gasteiger partial charge in [-0.1, -0.05) is 111 Å². The monoisotopic (exact) mass is 706 g/mol. The Balaban J connectivity index is 0.000000244. The van der Waals surface area contributed by atoms with Crippen molar-refractivity contribution in [2.24, 2.45) is 0 Å². The number of rotatable bonds is 8. The van der Waals surface area contributed by atoms with Crippen LogP contribution in [0.4, 0.5) is 32.3 Å². The van der Waals surface area contributed by atoms with E-state index in [2.05, 4.69) is 21.5 Å². The van der Waals surface area contributed by atoms with Crippen molar-refractivity contribution in [3.63, 3.8) is 0 Å². The maximum Gasteiger partial charge on any atom is 0.373 e. The number of amides is 4. The summed E-state index contributed by atoms with van der Waals surface area (Å²) in [6, 6.07) is 39.7. The van der Waals surface area contributed by atoms with E-state index < -0.39 is 0 Å². The van der Waals surface area contributed by atoms with Gasteiger partial charge in [-0.25, -0.2) is 20.4 Å². The molecule has 4 aromatic rings. The summed E-state index contributed by atoms with van der Waals surface area (Å²) in [5.41, 5.74) is 9.67. The van der Waals surface area contributed by atoms with Crippen molar-refractivity contribution in [2.75, 3.05) is 10.0 Å². The lowest BCUT2D eigenvalue weighted by atomic mass is 9.96. The van der Waals surface area contributed by atoms with Gasteiger partial charge in [-0.2, -0.15) is 19.2 Å². The molecule has 12 nitrogen and oxygen atoms in total. The van der Waals surface area contributed by atoms with Crippen LogP contribution < -0.4 is 31.5 Å². The first-order valence-electron chi connectivity index (χ1n) is 17.4. The summed E-state index contributed by atoms with van der Waals surface area (Å²) in [4.78, 5) is 57.3. The molecule has 2 saturated carbocycles. The Hall–Kier alpha value is -6.22. The van der Waals surface area contributed by atoms with Crippen LogP contribution in [-0.2, 0) is 19.2 Å². The number of urea groups is 2. The number of hydrogen-bond donors (Lipinski definition) is 4. The molecule has 0 radical (unpaired) electrons. The second-order valence-electron chi connectivity index (χ2n) is 12.0. The van der Waals surface area contributed by atoms with Crippen LogP contribution in [0.15, 0.2) is 121 Å². The molecule has 6 rings (SSSR count). The maximum absolute atomic E-state index is 12.4. The van der Waals surface area contributed by atoms with Gasteiger partial charge in [0.05, 0.1) is 22.7 Å². The third-order valence-electron chi connectivity index (χ3n) is 8.37. The minimum Gasteiger partial charge on any atom is -0.334 e. The van der Waals surface area contributed by atoms with Crippen molar-refractivity contribution in [1.29, 1.82) is 0 Å². The molecule has 0 heterocycles. The van der Waals surface area contributed by atoms with Crippen LogP contribution in [0.2, 0.25) is 0 Å². The van der Waals surface area contributed by atoms with Crippen LogP contribution in [0, 0.1) is 0 Å². The van der Waals surface area contributed by atoms with Crippen molar-refractivity contribution >= 4 is 47.1 Å². The summed E-state index contributed by atoms with van der Waals surface area (Å²) >= 11 is 0. The van der Waals surface area contributed by atoms with Gasteiger partial charge in [0, 0.05) is 12.1 Å². The van der Waals surface area contributed by atoms with E-state index >= 15 is 0 Å². The van der Waals surface area contributed by atoms with Crippen LogP contribution in [0.5, 0.6) is 0 Å². The lowest BCUT2D eigenvalue weighted by Gasteiger charge is -2.28. The molecule has 0 spiro atoms. The van der Waals surface area contributed by atoms with Crippen molar-refractivity contribution in [2.45, 2.75) is 76.3 Å². The number of carbonyl (C=O) groups is 2. The van der Waals surface area contributed by atoms with Gasteiger partial charge in [0.1, 0.15) is 0 Å². The summed E-state index contributed by atoms with van der Waals surface area (Å²) in [7, 11) is 0. The Morgan fingerprint density at radius 1 is 0.423 bits per heavy atom. The van der Waals surface area contributed by atoms with E-state index in [1.807, 2.05) is 131 Å². The number of nitrogens with one attached hydrogen (secondary N) is 4. The zero-order valence-corrected chi connectivity index (χ0v) is 29.1. The second-order valence-corrected chi connectivity index (χ2v) is 12.0. The first-order chi connectivity index (χ1) is 25.5. The molecule has 12 heteroatoms. The number of hydrazine groups is 2. The van der Waals surface area contributed by atoms with Crippen molar-refractivity contribution in [1.82, 2.24) is 21.5 Å². The smallest absolute Gasteiger partial charge is 0.334 e. The molecule has 4 N–H and O–H groups in total. The molecule has 2 fully saturated rings. The van der Waals surface area contributed by atoms with Crippen molar-refractivity contribution < 1.29 is 28.8 Å². The predicted octanol–water partition coefficient (Wildman–Crippen LogP) is 7.58. The van der Waals surface area contributed by atoms with Gasteiger partial charge in [0.15, 0.2) is 0 Å². The van der Waals surface area contributed by atoms with Gasteiger partial charge in [-0.3, -0.25) is 10.0 Å². The topological polar surface area (TPSA) is 157 Å². The van der Waals surface area contributed by atoms with Crippen LogP contribution >= 0.6 is 0 Å². The normalized spacial score (nSPS) is 13.5. The van der Waals surface area contributed by atoms with E-state index in [0.717, 1.165) is 48.4 Å². The predicted molar refractivity (Wildman–Crippen MR) is 197 cm³/mol. The minimum absolute atomic E-state index is 0.149. The fourth-order valence-corrected chi connectivity index (χ4v) is 6.00. The van der Waals surface area contributed by atoms with Crippen LogP contribution in [0.1, 0.15) is 64.2 Å². The SMILES string of the molecule is O=C(NC1CCCCC1)NN(c1ccccc1)c1ccccc1.O=C(NC1CCCCC1)NN(c1ccccc1)c1ccccc1.O=C=O.O=C=O. The standard InChI is InChI=1S/2C19H23N3O.2CO2/c2*23-19(20-16-10-4-1-5-11-16)21-22(17-12-6-2-7-13-17)18-14-8-3-9-15-18;2*2-1-3/h2*2-3,6-9,12-16H,1,4-5,10-11H2,(H2,20,21,23);;. The number of para-hydroxylation sites is 4. The Kier molecular flexibility index (Phi) is 18.6. The van der Waals surface area contributed by atoms with Crippen molar-refractivity contribution in [3.05, 3.63) is 121 Å². The molecule has 0 aliphatic heterocycles. The van der Waals surface area contributed by atoms with E-state index in [4.69, 9.17) is 19.2 Å². The Morgan fingerprint density at radius 2 is 0.654 bits per heavy atom.